The minimum atomic E-state index is -0.136. The predicted molar refractivity (Wildman–Crippen MR) is 87.1 cm³/mol. The third kappa shape index (κ3) is 3.16. The van der Waals surface area contributed by atoms with Crippen molar-refractivity contribution in [2.24, 2.45) is 18.9 Å². The second-order valence-corrected chi connectivity index (χ2v) is 6.99. The number of hydrogen-bond donors (Lipinski definition) is 0. The SMILES string of the molecule is Cn1ccnc1CN1C[C@H]2CN(Cc3cccc(F)c3)C[C@H]2C1. The molecule has 1 aromatic heterocycles. The van der Waals surface area contributed by atoms with Crippen LogP contribution in [0.4, 0.5) is 4.39 Å². The topological polar surface area (TPSA) is 24.3 Å². The molecule has 1 aromatic carbocycles. The lowest BCUT2D eigenvalue weighted by Crippen LogP contribution is -2.29. The highest BCUT2D eigenvalue weighted by Crippen LogP contribution is 2.32. The van der Waals surface area contributed by atoms with Crippen LogP contribution in [0.15, 0.2) is 36.7 Å². The Hall–Kier alpha value is -1.72. The number of aromatic nitrogens is 2. The number of hydrogen-bond acceptors (Lipinski definition) is 3. The molecule has 2 aromatic rings. The van der Waals surface area contributed by atoms with Crippen molar-refractivity contribution in [1.82, 2.24) is 19.4 Å². The molecule has 4 nitrogen and oxygen atoms in total. The normalized spacial score (nSPS) is 25.1. The standard InChI is InChI=1S/C18H23FN4/c1-21-6-5-20-18(21)13-23-11-15-9-22(10-16(15)12-23)8-14-3-2-4-17(19)7-14/h2-7,15-16H,8-13H2,1H3/t15-,16+. The molecule has 2 fully saturated rings. The quantitative estimate of drug-likeness (QED) is 0.864. The van der Waals surface area contributed by atoms with Crippen LogP contribution in [-0.4, -0.2) is 45.5 Å². The fraction of sp³-hybridized carbons (Fsp3) is 0.500. The van der Waals surface area contributed by atoms with Crippen LogP contribution in [0.3, 0.4) is 0 Å². The number of nitrogens with zero attached hydrogens (tertiary/aromatic N) is 4. The van der Waals surface area contributed by atoms with Gasteiger partial charge in [0.2, 0.25) is 0 Å². The monoisotopic (exact) mass is 314 g/mol. The first-order valence-electron chi connectivity index (χ1n) is 8.33. The van der Waals surface area contributed by atoms with Gasteiger partial charge in [-0.2, -0.15) is 0 Å². The summed E-state index contributed by atoms with van der Waals surface area (Å²) in [4.78, 5) is 9.43. The second-order valence-electron chi connectivity index (χ2n) is 6.99. The highest BCUT2D eigenvalue weighted by atomic mass is 19.1. The lowest BCUT2D eigenvalue weighted by Gasteiger charge is -2.21. The Bertz CT molecular complexity index is 669. The molecule has 0 saturated carbocycles. The number of halogens is 1. The van der Waals surface area contributed by atoms with Gasteiger partial charge in [0.15, 0.2) is 0 Å². The molecule has 23 heavy (non-hydrogen) atoms. The summed E-state index contributed by atoms with van der Waals surface area (Å²) in [5, 5.41) is 0. The molecule has 2 atom stereocenters. The fourth-order valence-corrected chi connectivity index (χ4v) is 4.09. The summed E-state index contributed by atoms with van der Waals surface area (Å²) in [5.41, 5.74) is 1.08. The summed E-state index contributed by atoms with van der Waals surface area (Å²) in [6.45, 7) is 6.36. The largest absolute Gasteiger partial charge is 0.337 e. The zero-order valence-corrected chi connectivity index (χ0v) is 13.5. The van der Waals surface area contributed by atoms with Gasteiger partial charge in [-0.05, 0) is 29.5 Å². The van der Waals surface area contributed by atoms with E-state index in [1.807, 2.05) is 18.5 Å². The van der Waals surface area contributed by atoms with E-state index in [2.05, 4.69) is 26.4 Å². The number of rotatable bonds is 4. The minimum Gasteiger partial charge on any atom is -0.337 e. The first kappa shape index (κ1) is 14.8. The Morgan fingerprint density at radius 1 is 1.09 bits per heavy atom. The molecule has 2 aliphatic rings. The van der Waals surface area contributed by atoms with Crippen LogP contribution >= 0.6 is 0 Å². The average Bonchev–Trinajstić information content (AvgIpc) is 3.15. The van der Waals surface area contributed by atoms with Crippen LogP contribution in [-0.2, 0) is 20.1 Å². The number of imidazole rings is 1. The first-order chi connectivity index (χ1) is 11.2. The molecule has 0 unspecified atom stereocenters. The molecule has 0 amide bonds. The van der Waals surface area contributed by atoms with Crippen molar-refractivity contribution in [1.29, 1.82) is 0 Å². The van der Waals surface area contributed by atoms with Gasteiger partial charge in [0, 0.05) is 52.2 Å². The van der Waals surface area contributed by atoms with Crippen LogP contribution < -0.4 is 0 Å². The number of fused-ring (bicyclic) bond motifs is 1. The molecular weight excluding hydrogens is 291 g/mol. The van der Waals surface area contributed by atoms with Gasteiger partial charge in [-0.15, -0.1) is 0 Å². The summed E-state index contributed by atoms with van der Waals surface area (Å²) >= 11 is 0. The van der Waals surface area contributed by atoms with Crippen molar-refractivity contribution < 1.29 is 4.39 Å². The molecule has 0 spiro atoms. The molecule has 3 heterocycles. The maximum absolute atomic E-state index is 13.3. The van der Waals surface area contributed by atoms with E-state index < -0.39 is 0 Å². The van der Waals surface area contributed by atoms with Crippen LogP contribution in [0.1, 0.15) is 11.4 Å². The maximum atomic E-state index is 13.3. The molecule has 122 valence electrons. The van der Waals surface area contributed by atoms with Crippen LogP contribution in [0.2, 0.25) is 0 Å². The number of aryl methyl sites for hydroxylation is 1. The molecular formula is C18H23FN4. The third-order valence-corrected chi connectivity index (χ3v) is 5.22. The highest BCUT2D eigenvalue weighted by Gasteiger charge is 2.39. The van der Waals surface area contributed by atoms with Crippen LogP contribution in [0.25, 0.3) is 0 Å². The van der Waals surface area contributed by atoms with Crippen molar-refractivity contribution >= 4 is 0 Å². The van der Waals surface area contributed by atoms with Crippen LogP contribution in [0.5, 0.6) is 0 Å². The summed E-state index contributed by atoms with van der Waals surface area (Å²) < 4.78 is 15.4. The van der Waals surface area contributed by atoms with Crippen molar-refractivity contribution in [2.45, 2.75) is 13.1 Å². The van der Waals surface area contributed by atoms with E-state index in [9.17, 15) is 4.39 Å². The molecule has 0 radical (unpaired) electrons. The first-order valence-corrected chi connectivity index (χ1v) is 8.33. The Morgan fingerprint density at radius 3 is 2.39 bits per heavy atom. The third-order valence-electron chi connectivity index (χ3n) is 5.22. The molecule has 0 bridgehead atoms. The lowest BCUT2D eigenvalue weighted by molar-refractivity contribution is 0.241. The fourth-order valence-electron chi connectivity index (χ4n) is 4.09. The highest BCUT2D eigenvalue weighted by molar-refractivity contribution is 5.16. The van der Waals surface area contributed by atoms with E-state index in [1.165, 1.54) is 6.07 Å². The van der Waals surface area contributed by atoms with Gasteiger partial charge in [-0.25, -0.2) is 9.37 Å². The zero-order valence-electron chi connectivity index (χ0n) is 13.5. The Labute approximate surface area is 136 Å². The van der Waals surface area contributed by atoms with E-state index in [0.717, 1.165) is 62.5 Å². The van der Waals surface area contributed by atoms with E-state index in [4.69, 9.17) is 0 Å². The van der Waals surface area contributed by atoms with Gasteiger partial charge >= 0.3 is 0 Å². The van der Waals surface area contributed by atoms with Gasteiger partial charge in [0.05, 0.1) is 6.54 Å². The molecule has 2 aliphatic heterocycles. The molecule has 5 heteroatoms. The van der Waals surface area contributed by atoms with Crippen LogP contribution in [0, 0.1) is 17.7 Å². The smallest absolute Gasteiger partial charge is 0.123 e. The van der Waals surface area contributed by atoms with Gasteiger partial charge in [-0.3, -0.25) is 9.80 Å². The van der Waals surface area contributed by atoms with Gasteiger partial charge in [-0.1, -0.05) is 12.1 Å². The van der Waals surface area contributed by atoms with Gasteiger partial charge in [0.1, 0.15) is 11.6 Å². The van der Waals surface area contributed by atoms with Gasteiger partial charge in [0.25, 0.3) is 0 Å². The Balaban J connectivity index is 1.32. The molecule has 0 aliphatic carbocycles. The zero-order chi connectivity index (χ0) is 15.8. The Morgan fingerprint density at radius 2 is 1.78 bits per heavy atom. The predicted octanol–water partition coefficient (Wildman–Crippen LogP) is 2.12. The van der Waals surface area contributed by atoms with Crippen molar-refractivity contribution in [2.75, 3.05) is 26.2 Å². The lowest BCUT2D eigenvalue weighted by atomic mass is 10.0. The van der Waals surface area contributed by atoms with E-state index in [0.29, 0.717) is 0 Å². The summed E-state index contributed by atoms with van der Waals surface area (Å²) in [7, 11) is 2.06. The van der Waals surface area contributed by atoms with Crippen molar-refractivity contribution in [3.8, 4) is 0 Å². The summed E-state index contributed by atoms with van der Waals surface area (Å²) in [5.74, 6) is 2.48. The summed E-state index contributed by atoms with van der Waals surface area (Å²) in [6, 6.07) is 6.99. The summed E-state index contributed by atoms with van der Waals surface area (Å²) in [6.07, 6.45) is 3.87. The number of benzene rings is 1. The molecule has 4 rings (SSSR count). The second kappa shape index (κ2) is 6.06. The molecule has 2 saturated heterocycles. The van der Waals surface area contributed by atoms with Crippen molar-refractivity contribution in [3.63, 3.8) is 0 Å². The maximum Gasteiger partial charge on any atom is 0.123 e. The average molecular weight is 314 g/mol. The van der Waals surface area contributed by atoms with Gasteiger partial charge < -0.3 is 4.57 Å². The van der Waals surface area contributed by atoms with E-state index in [1.54, 1.807) is 12.1 Å². The number of likely N-dealkylation sites (tertiary alicyclic amines) is 2. The van der Waals surface area contributed by atoms with E-state index in [-0.39, 0.29) is 5.82 Å². The minimum absolute atomic E-state index is 0.136. The van der Waals surface area contributed by atoms with E-state index >= 15 is 0 Å². The Kier molecular flexibility index (Phi) is 3.91. The van der Waals surface area contributed by atoms with Crippen molar-refractivity contribution in [3.05, 3.63) is 53.9 Å². The molecule has 0 N–H and O–H groups in total.